The number of pyridine rings is 1. The number of hydrogen-bond donors (Lipinski definition) is 0. The molecule has 1 aliphatic heterocycles. The van der Waals surface area contributed by atoms with Gasteiger partial charge in [0.25, 0.3) is 0 Å². The molecule has 0 saturated carbocycles. The maximum Gasteiger partial charge on any atom is 0.243 e. The number of carbonyl (C=O) groups is 1. The fourth-order valence-corrected chi connectivity index (χ4v) is 5.37. The van der Waals surface area contributed by atoms with Crippen molar-refractivity contribution >= 4 is 15.9 Å². The average molecular weight is 454 g/mol. The van der Waals surface area contributed by atoms with Crippen LogP contribution in [0.5, 0.6) is 0 Å². The maximum absolute atomic E-state index is 13.1. The molecule has 0 atom stereocenters. The molecule has 32 heavy (non-hydrogen) atoms. The highest BCUT2D eigenvalue weighted by molar-refractivity contribution is 7.89. The lowest BCUT2D eigenvalue weighted by Gasteiger charge is -2.26. The van der Waals surface area contributed by atoms with Crippen LogP contribution in [-0.4, -0.2) is 41.6 Å². The van der Waals surface area contributed by atoms with E-state index >= 15 is 0 Å². The van der Waals surface area contributed by atoms with E-state index in [1.165, 1.54) is 0 Å². The van der Waals surface area contributed by atoms with Crippen molar-refractivity contribution in [1.29, 1.82) is 0 Å². The molecule has 3 aromatic rings. The summed E-state index contributed by atoms with van der Waals surface area (Å²) in [6.45, 7) is 1.90. The zero-order valence-corrected chi connectivity index (χ0v) is 18.7. The molecule has 3 heterocycles. The van der Waals surface area contributed by atoms with Gasteiger partial charge in [-0.3, -0.25) is 9.78 Å². The van der Waals surface area contributed by atoms with Crippen LogP contribution in [0.4, 0.5) is 0 Å². The van der Waals surface area contributed by atoms with Crippen LogP contribution in [0.3, 0.4) is 0 Å². The molecule has 7 nitrogen and oxygen atoms in total. The number of rotatable bonds is 8. The first kappa shape index (κ1) is 22.2. The summed E-state index contributed by atoms with van der Waals surface area (Å²) in [5.74, 6) is 0.627. The highest BCUT2D eigenvalue weighted by Crippen LogP contribution is 2.21. The molecule has 168 valence electrons. The van der Waals surface area contributed by atoms with Gasteiger partial charge in [0.1, 0.15) is 5.76 Å². The minimum Gasteiger partial charge on any atom is -0.467 e. The highest BCUT2D eigenvalue weighted by atomic mass is 32.2. The topological polar surface area (TPSA) is 83.7 Å². The number of aromatic nitrogens is 1. The first-order valence-electron chi connectivity index (χ1n) is 10.8. The average Bonchev–Trinajstić information content (AvgIpc) is 3.33. The van der Waals surface area contributed by atoms with Crippen LogP contribution in [0.2, 0.25) is 0 Å². The molecule has 8 heteroatoms. The van der Waals surface area contributed by atoms with Gasteiger partial charge in [0, 0.05) is 32.0 Å². The van der Waals surface area contributed by atoms with Crippen molar-refractivity contribution in [3.8, 4) is 0 Å². The third kappa shape index (κ3) is 5.44. The second-order valence-corrected chi connectivity index (χ2v) is 9.91. The fourth-order valence-electron chi connectivity index (χ4n) is 3.85. The van der Waals surface area contributed by atoms with Gasteiger partial charge >= 0.3 is 0 Å². The van der Waals surface area contributed by atoms with Crippen LogP contribution in [0.1, 0.15) is 36.1 Å². The van der Waals surface area contributed by atoms with Gasteiger partial charge in [0.05, 0.1) is 24.1 Å². The molecular formula is C24H27N3O4S. The van der Waals surface area contributed by atoms with Gasteiger partial charge in [-0.25, -0.2) is 8.42 Å². The van der Waals surface area contributed by atoms with Crippen LogP contribution < -0.4 is 0 Å². The number of nitrogens with zero attached hydrogens (tertiary/aromatic N) is 3. The molecule has 0 bridgehead atoms. The Balaban J connectivity index is 1.46. The van der Waals surface area contributed by atoms with E-state index < -0.39 is 10.0 Å². The van der Waals surface area contributed by atoms with E-state index in [1.807, 2.05) is 18.2 Å². The molecule has 0 N–H and O–H groups in total. The smallest absolute Gasteiger partial charge is 0.243 e. The van der Waals surface area contributed by atoms with Gasteiger partial charge in [0.2, 0.25) is 15.9 Å². The van der Waals surface area contributed by atoms with Gasteiger partial charge in [-0.15, -0.1) is 0 Å². The van der Waals surface area contributed by atoms with Crippen molar-refractivity contribution in [3.05, 3.63) is 84.1 Å². The van der Waals surface area contributed by atoms with E-state index in [2.05, 4.69) is 4.98 Å². The van der Waals surface area contributed by atoms with Gasteiger partial charge in [-0.1, -0.05) is 24.6 Å². The summed E-state index contributed by atoms with van der Waals surface area (Å²) in [4.78, 5) is 19.2. The van der Waals surface area contributed by atoms with Crippen LogP contribution in [0.25, 0.3) is 0 Å². The van der Waals surface area contributed by atoms with E-state index in [0.717, 1.165) is 30.4 Å². The molecule has 2 aromatic heterocycles. The molecule has 1 saturated heterocycles. The fraction of sp³-hybridized carbons (Fsp3) is 0.333. The SMILES string of the molecule is O=C(Cc1ccc(S(=O)(=O)N2CCCCC2)cc1)N(Cc1cccnc1)Cc1ccco1. The third-order valence-corrected chi connectivity index (χ3v) is 7.52. The van der Waals surface area contributed by atoms with E-state index in [4.69, 9.17) is 4.42 Å². The van der Waals surface area contributed by atoms with Crippen molar-refractivity contribution < 1.29 is 17.6 Å². The Labute approximate surface area is 188 Å². The molecular weight excluding hydrogens is 426 g/mol. The molecule has 0 spiro atoms. The van der Waals surface area contributed by atoms with Crippen molar-refractivity contribution in [1.82, 2.24) is 14.2 Å². The van der Waals surface area contributed by atoms with Gasteiger partial charge < -0.3 is 9.32 Å². The van der Waals surface area contributed by atoms with Gasteiger partial charge in [0.15, 0.2) is 0 Å². The Hall–Kier alpha value is -2.97. The summed E-state index contributed by atoms with van der Waals surface area (Å²) in [7, 11) is -3.48. The lowest BCUT2D eigenvalue weighted by molar-refractivity contribution is -0.132. The van der Waals surface area contributed by atoms with Crippen LogP contribution in [0.15, 0.2) is 76.5 Å². The number of amides is 1. The third-order valence-electron chi connectivity index (χ3n) is 5.61. The van der Waals surface area contributed by atoms with Crippen molar-refractivity contribution in [2.75, 3.05) is 13.1 Å². The molecule has 1 aliphatic rings. The van der Waals surface area contributed by atoms with Crippen molar-refractivity contribution in [2.24, 2.45) is 0 Å². The minimum absolute atomic E-state index is 0.0723. The highest BCUT2D eigenvalue weighted by Gasteiger charge is 2.26. The summed E-state index contributed by atoms with van der Waals surface area (Å²) >= 11 is 0. The molecule has 1 aromatic carbocycles. The van der Waals surface area contributed by atoms with Crippen LogP contribution in [-0.2, 0) is 34.3 Å². The maximum atomic E-state index is 13.1. The Bertz CT molecular complexity index is 1110. The molecule has 1 fully saturated rings. The zero-order valence-electron chi connectivity index (χ0n) is 17.9. The van der Waals surface area contributed by atoms with Crippen molar-refractivity contribution in [3.63, 3.8) is 0 Å². The minimum atomic E-state index is -3.48. The predicted molar refractivity (Wildman–Crippen MR) is 120 cm³/mol. The van der Waals surface area contributed by atoms with Crippen LogP contribution in [0, 0.1) is 0 Å². The second kappa shape index (κ2) is 10.1. The normalized spacial score (nSPS) is 14.9. The van der Waals surface area contributed by atoms with E-state index in [9.17, 15) is 13.2 Å². The predicted octanol–water partition coefficient (Wildman–Crippen LogP) is 3.62. The summed E-state index contributed by atoms with van der Waals surface area (Å²) < 4.78 is 32.7. The first-order chi connectivity index (χ1) is 15.5. The molecule has 1 amide bonds. The number of hydrogen-bond acceptors (Lipinski definition) is 5. The summed E-state index contributed by atoms with van der Waals surface area (Å²) in [5, 5.41) is 0. The van der Waals surface area contributed by atoms with E-state index in [-0.39, 0.29) is 17.2 Å². The zero-order chi connectivity index (χ0) is 22.4. The number of piperidine rings is 1. The van der Waals surface area contributed by atoms with E-state index in [1.54, 1.807) is 58.2 Å². The lowest BCUT2D eigenvalue weighted by Crippen LogP contribution is -2.35. The molecule has 4 rings (SSSR count). The summed E-state index contributed by atoms with van der Waals surface area (Å²) in [6, 6.07) is 14.1. The Morgan fingerprint density at radius 3 is 2.41 bits per heavy atom. The largest absolute Gasteiger partial charge is 0.467 e. The quantitative estimate of drug-likeness (QED) is 0.520. The van der Waals surface area contributed by atoms with Gasteiger partial charge in [-0.2, -0.15) is 4.31 Å². The van der Waals surface area contributed by atoms with Crippen molar-refractivity contribution in [2.45, 2.75) is 43.7 Å². The second-order valence-electron chi connectivity index (χ2n) is 7.98. The number of sulfonamides is 1. The van der Waals surface area contributed by atoms with Crippen LogP contribution >= 0.6 is 0 Å². The molecule has 0 aliphatic carbocycles. The molecule has 0 radical (unpaired) electrons. The number of carbonyl (C=O) groups excluding carboxylic acids is 1. The number of benzene rings is 1. The Morgan fingerprint density at radius 2 is 1.75 bits per heavy atom. The standard InChI is InChI=1S/C24H27N3O4S/c28-24(26(19-22-7-5-15-31-22)18-21-6-4-12-25-17-21)16-20-8-10-23(11-9-20)32(29,30)27-13-2-1-3-14-27/h4-12,15,17H,1-3,13-14,16,18-19H2. The van der Waals surface area contributed by atoms with E-state index in [0.29, 0.717) is 31.9 Å². The first-order valence-corrected chi connectivity index (χ1v) is 12.2. The lowest BCUT2D eigenvalue weighted by atomic mass is 10.1. The number of furan rings is 1. The monoisotopic (exact) mass is 453 g/mol. The summed E-state index contributed by atoms with van der Waals surface area (Å²) in [6.07, 6.45) is 8.06. The Kier molecular flexibility index (Phi) is 7.02. The Morgan fingerprint density at radius 1 is 0.969 bits per heavy atom. The molecule has 0 unspecified atom stereocenters. The summed E-state index contributed by atoms with van der Waals surface area (Å²) in [5.41, 5.74) is 1.69. The van der Waals surface area contributed by atoms with Gasteiger partial charge in [-0.05, 0) is 54.3 Å².